The van der Waals surface area contributed by atoms with Crippen molar-refractivity contribution in [1.82, 2.24) is 4.98 Å². The van der Waals surface area contributed by atoms with Gasteiger partial charge in [-0.05, 0) is 18.2 Å². The van der Waals surface area contributed by atoms with E-state index in [1.54, 1.807) is 17.6 Å². The molecule has 0 saturated heterocycles. The molecule has 2 aromatic rings. The van der Waals surface area contributed by atoms with Gasteiger partial charge in [0.2, 0.25) is 0 Å². The lowest BCUT2D eigenvalue weighted by Crippen LogP contribution is -2.06. The fourth-order valence-corrected chi connectivity index (χ4v) is 1.86. The van der Waals surface area contributed by atoms with Gasteiger partial charge in [-0.3, -0.25) is 0 Å². The largest absolute Gasteiger partial charge is 0.416 e. The molecule has 0 aliphatic carbocycles. The van der Waals surface area contributed by atoms with E-state index in [0.29, 0.717) is 10.8 Å². The van der Waals surface area contributed by atoms with E-state index in [0.717, 1.165) is 12.1 Å². The average molecular weight is 269 g/mol. The lowest BCUT2D eigenvalue weighted by molar-refractivity contribution is -0.137. The first kappa shape index (κ1) is 12.4. The van der Waals surface area contributed by atoms with Crippen LogP contribution in [0.5, 0.6) is 0 Å². The zero-order valence-corrected chi connectivity index (χ0v) is 9.64. The third kappa shape index (κ3) is 2.60. The van der Waals surface area contributed by atoms with Crippen molar-refractivity contribution in [2.45, 2.75) is 6.18 Å². The number of hydrogen-bond acceptors (Lipinski definition) is 4. The van der Waals surface area contributed by atoms with Crippen LogP contribution in [0.3, 0.4) is 0 Å². The lowest BCUT2D eigenvalue weighted by atomic mass is 10.1. The van der Waals surface area contributed by atoms with Crippen LogP contribution in [0.4, 0.5) is 24.0 Å². The van der Waals surface area contributed by atoms with Crippen LogP contribution in [0.15, 0.2) is 29.8 Å². The predicted molar refractivity (Wildman–Crippen MR) is 61.6 cm³/mol. The maximum absolute atomic E-state index is 12.5. The molecule has 0 aliphatic rings. The Labute approximate surface area is 105 Å². The Morgan fingerprint density at radius 2 is 2.11 bits per heavy atom. The van der Waals surface area contributed by atoms with Crippen LogP contribution >= 0.6 is 11.3 Å². The van der Waals surface area contributed by atoms with Crippen LogP contribution in [0, 0.1) is 11.3 Å². The molecule has 1 aromatic heterocycles. The monoisotopic (exact) mass is 269 g/mol. The van der Waals surface area contributed by atoms with E-state index < -0.39 is 11.7 Å². The quantitative estimate of drug-likeness (QED) is 0.902. The molecule has 0 saturated carbocycles. The summed E-state index contributed by atoms with van der Waals surface area (Å²) in [6.07, 6.45) is -2.89. The van der Waals surface area contributed by atoms with Gasteiger partial charge in [-0.1, -0.05) is 0 Å². The number of nitrogens with zero attached hydrogens (tertiary/aromatic N) is 2. The van der Waals surface area contributed by atoms with Gasteiger partial charge in [0.05, 0.1) is 16.8 Å². The predicted octanol–water partition coefficient (Wildman–Crippen LogP) is 3.78. The van der Waals surface area contributed by atoms with Gasteiger partial charge in [0.25, 0.3) is 0 Å². The summed E-state index contributed by atoms with van der Waals surface area (Å²) in [4.78, 5) is 3.93. The number of hydrogen-bond donors (Lipinski definition) is 1. The van der Waals surface area contributed by atoms with E-state index in [9.17, 15) is 13.2 Å². The number of halogens is 3. The molecular weight excluding hydrogens is 263 g/mol. The molecule has 0 fully saturated rings. The number of alkyl halides is 3. The average Bonchev–Trinajstić information content (AvgIpc) is 2.81. The summed E-state index contributed by atoms with van der Waals surface area (Å²) in [6, 6.07) is 4.70. The van der Waals surface area contributed by atoms with E-state index in [1.807, 2.05) is 0 Å². The molecular formula is C11H6F3N3S. The van der Waals surface area contributed by atoms with Gasteiger partial charge < -0.3 is 5.32 Å². The van der Waals surface area contributed by atoms with Gasteiger partial charge in [-0.15, -0.1) is 11.3 Å². The summed E-state index contributed by atoms with van der Waals surface area (Å²) in [5.41, 5.74) is -0.607. The molecule has 1 heterocycles. The maximum atomic E-state index is 12.5. The highest BCUT2D eigenvalue weighted by Gasteiger charge is 2.31. The SMILES string of the molecule is N#Cc1cc(C(F)(F)F)ccc1Nc1nccs1. The van der Waals surface area contributed by atoms with Crippen molar-refractivity contribution < 1.29 is 13.2 Å². The normalized spacial score (nSPS) is 11.0. The highest BCUT2D eigenvalue weighted by atomic mass is 32.1. The van der Waals surface area contributed by atoms with Crippen molar-refractivity contribution in [3.05, 3.63) is 40.9 Å². The minimum absolute atomic E-state index is 0.0694. The number of benzene rings is 1. The topological polar surface area (TPSA) is 48.7 Å². The van der Waals surface area contributed by atoms with Crippen LogP contribution in [-0.2, 0) is 6.18 Å². The standard InChI is InChI=1S/C11H6F3N3S/c12-11(13,14)8-1-2-9(7(5-8)6-15)17-10-16-3-4-18-10/h1-5H,(H,16,17). The summed E-state index contributed by atoms with van der Waals surface area (Å²) < 4.78 is 37.4. The summed E-state index contributed by atoms with van der Waals surface area (Å²) in [5.74, 6) is 0. The van der Waals surface area contributed by atoms with Gasteiger partial charge in [0, 0.05) is 11.6 Å². The Morgan fingerprint density at radius 1 is 1.33 bits per heavy atom. The smallest absolute Gasteiger partial charge is 0.330 e. The summed E-state index contributed by atoms with van der Waals surface area (Å²) >= 11 is 1.29. The first-order valence-electron chi connectivity index (χ1n) is 4.78. The van der Waals surface area contributed by atoms with Gasteiger partial charge in [0.15, 0.2) is 5.13 Å². The third-order valence-corrected chi connectivity index (χ3v) is 2.83. The van der Waals surface area contributed by atoms with Crippen LogP contribution in [0.1, 0.15) is 11.1 Å². The zero-order chi connectivity index (χ0) is 13.2. The second-order valence-corrected chi connectivity index (χ2v) is 4.23. The number of aromatic nitrogens is 1. The first-order chi connectivity index (χ1) is 8.50. The Morgan fingerprint density at radius 3 is 2.67 bits per heavy atom. The van der Waals surface area contributed by atoms with E-state index in [-0.39, 0.29) is 5.56 Å². The molecule has 1 N–H and O–H groups in total. The van der Waals surface area contributed by atoms with Crippen molar-refractivity contribution in [1.29, 1.82) is 5.26 Å². The van der Waals surface area contributed by atoms with E-state index >= 15 is 0 Å². The molecule has 0 aliphatic heterocycles. The number of nitriles is 1. The molecule has 0 amide bonds. The Kier molecular flexibility index (Phi) is 3.21. The fourth-order valence-electron chi connectivity index (χ4n) is 1.32. The summed E-state index contributed by atoms with van der Waals surface area (Å²) in [5, 5.41) is 13.9. The highest BCUT2D eigenvalue weighted by molar-refractivity contribution is 7.13. The van der Waals surface area contributed by atoms with Crippen LogP contribution in [0.2, 0.25) is 0 Å². The summed E-state index contributed by atoms with van der Waals surface area (Å²) in [7, 11) is 0. The number of anilines is 2. The number of thiazole rings is 1. The number of nitrogens with one attached hydrogen (secondary N) is 1. The molecule has 0 unspecified atom stereocenters. The maximum Gasteiger partial charge on any atom is 0.416 e. The Bertz CT molecular complexity index is 585. The molecule has 2 rings (SSSR count). The minimum Gasteiger partial charge on any atom is -0.330 e. The van der Waals surface area contributed by atoms with Crippen molar-refractivity contribution in [2.24, 2.45) is 0 Å². The van der Waals surface area contributed by atoms with Gasteiger partial charge in [-0.2, -0.15) is 18.4 Å². The molecule has 92 valence electrons. The molecule has 7 heteroatoms. The summed E-state index contributed by atoms with van der Waals surface area (Å²) in [6.45, 7) is 0. The van der Waals surface area contributed by atoms with Crippen molar-refractivity contribution >= 4 is 22.2 Å². The lowest BCUT2D eigenvalue weighted by Gasteiger charge is -2.10. The first-order valence-corrected chi connectivity index (χ1v) is 5.66. The molecule has 0 spiro atoms. The van der Waals surface area contributed by atoms with Gasteiger partial charge in [0.1, 0.15) is 6.07 Å². The zero-order valence-electron chi connectivity index (χ0n) is 8.82. The molecule has 0 atom stereocenters. The van der Waals surface area contributed by atoms with E-state index in [1.165, 1.54) is 17.4 Å². The molecule has 3 nitrogen and oxygen atoms in total. The van der Waals surface area contributed by atoms with E-state index in [4.69, 9.17) is 5.26 Å². The van der Waals surface area contributed by atoms with Crippen LogP contribution in [0.25, 0.3) is 0 Å². The minimum atomic E-state index is -4.45. The van der Waals surface area contributed by atoms with Crippen molar-refractivity contribution in [3.63, 3.8) is 0 Å². The Hall–Kier alpha value is -2.07. The molecule has 0 bridgehead atoms. The fraction of sp³-hybridized carbons (Fsp3) is 0.0909. The van der Waals surface area contributed by atoms with Crippen molar-refractivity contribution in [3.8, 4) is 6.07 Å². The van der Waals surface area contributed by atoms with E-state index in [2.05, 4.69) is 10.3 Å². The highest BCUT2D eigenvalue weighted by Crippen LogP contribution is 2.32. The molecule has 0 radical (unpaired) electrons. The second-order valence-electron chi connectivity index (χ2n) is 3.33. The molecule has 1 aromatic carbocycles. The Balaban J connectivity index is 2.36. The van der Waals surface area contributed by atoms with Gasteiger partial charge >= 0.3 is 6.18 Å². The van der Waals surface area contributed by atoms with Crippen LogP contribution < -0.4 is 5.32 Å². The van der Waals surface area contributed by atoms with Crippen molar-refractivity contribution in [2.75, 3.05) is 5.32 Å². The second kappa shape index (κ2) is 4.66. The molecule has 18 heavy (non-hydrogen) atoms. The third-order valence-electron chi connectivity index (χ3n) is 2.14. The van der Waals surface area contributed by atoms with Crippen LogP contribution in [-0.4, -0.2) is 4.98 Å². The van der Waals surface area contributed by atoms with Gasteiger partial charge in [-0.25, -0.2) is 4.98 Å². The number of rotatable bonds is 2.